The summed E-state index contributed by atoms with van der Waals surface area (Å²) in [4.78, 5) is 2.42. The molecule has 0 bridgehead atoms. The molecule has 0 aromatic heterocycles. The van der Waals surface area contributed by atoms with Gasteiger partial charge >= 0.3 is 0 Å². The molecule has 1 heterocycles. The van der Waals surface area contributed by atoms with Crippen molar-refractivity contribution in [2.24, 2.45) is 5.84 Å². The Hall–Kier alpha value is -4.08. The highest BCUT2D eigenvalue weighted by atomic mass is 15.2. The Morgan fingerprint density at radius 3 is 2.44 bits per heavy atom. The molecule has 36 heavy (non-hydrogen) atoms. The molecule has 2 aliphatic carbocycles. The Labute approximate surface area is 214 Å². The average molecular weight is 472 g/mol. The number of rotatable bonds is 4. The predicted molar refractivity (Wildman–Crippen MR) is 153 cm³/mol. The van der Waals surface area contributed by atoms with E-state index in [0.717, 1.165) is 40.9 Å². The second kappa shape index (κ2) is 10.3. The zero-order valence-corrected chi connectivity index (χ0v) is 21.0. The normalized spacial score (nSPS) is 19.4. The van der Waals surface area contributed by atoms with E-state index in [-0.39, 0.29) is 6.04 Å². The van der Waals surface area contributed by atoms with Crippen molar-refractivity contribution in [3.8, 4) is 0 Å². The molecule has 6 rings (SSSR count). The summed E-state index contributed by atoms with van der Waals surface area (Å²) in [5, 5.41) is 0. The summed E-state index contributed by atoms with van der Waals surface area (Å²) in [5.41, 5.74) is 15.0. The van der Waals surface area contributed by atoms with E-state index in [4.69, 9.17) is 5.84 Å². The fourth-order valence-corrected chi connectivity index (χ4v) is 5.46. The smallest absolute Gasteiger partial charge is 0.0859 e. The van der Waals surface area contributed by atoms with E-state index in [0.29, 0.717) is 0 Å². The van der Waals surface area contributed by atoms with Crippen LogP contribution in [0.4, 0.5) is 11.4 Å². The van der Waals surface area contributed by atoms with Crippen molar-refractivity contribution in [3.63, 3.8) is 0 Å². The second-order valence-electron chi connectivity index (χ2n) is 8.99. The molecule has 3 N–H and O–H groups in total. The molecule has 3 nitrogen and oxygen atoms in total. The predicted octanol–water partition coefficient (Wildman–Crippen LogP) is 8.09. The standard InChI is InChI=1S/C31H27N3.C2H6/c1-21-18-24-19-23-12-9-15-26(23)28(24)20-34(30-17-8-6-13-25(21)30)31(22-10-3-2-4-11-22)27-14-5-7-16-29(27)33-32;1-2/h2-14,16-18,20,31,33H,1,15,19,32H2;1-2H3/b24-18-,28-20+;. The van der Waals surface area contributed by atoms with Gasteiger partial charge in [0.25, 0.3) is 0 Å². The lowest BCUT2D eigenvalue weighted by molar-refractivity contribution is 0.808. The summed E-state index contributed by atoms with van der Waals surface area (Å²) in [6.07, 6.45) is 11.1. The topological polar surface area (TPSA) is 41.3 Å². The van der Waals surface area contributed by atoms with E-state index in [2.05, 4.69) is 108 Å². The Morgan fingerprint density at radius 2 is 1.64 bits per heavy atom. The van der Waals surface area contributed by atoms with Crippen LogP contribution in [0.2, 0.25) is 0 Å². The van der Waals surface area contributed by atoms with Gasteiger partial charge < -0.3 is 10.3 Å². The summed E-state index contributed by atoms with van der Waals surface area (Å²) < 4.78 is 0. The van der Waals surface area contributed by atoms with Crippen LogP contribution >= 0.6 is 0 Å². The van der Waals surface area contributed by atoms with Crippen LogP contribution in [0.3, 0.4) is 0 Å². The second-order valence-corrected chi connectivity index (χ2v) is 8.99. The van der Waals surface area contributed by atoms with Gasteiger partial charge in [0.05, 0.1) is 11.7 Å². The van der Waals surface area contributed by atoms with Crippen LogP contribution in [0.25, 0.3) is 5.57 Å². The first-order chi connectivity index (χ1) is 17.7. The van der Waals surface area contributed by atoms with Gasteiger partial charge in [-0.3, -0.25) is 5.84 Å². The van der Waals surface area contributed by atoms with Crippen LogP contribution in [-0.2, 0) is 0 Å². The van der Waals surface area contributed by atoms with Crippen LogP contribution in [0.5, 0.6) is 0 Å². The van der Waals surface area contributed by atoms with Gasteiger partial charge in [-0.2, -0.15) is 0 Å². The number of para-hydroxylation sites is 2. The highest BCUT2D eigenvalue weighted by Gasteiger charge is 2.31. The van der Waals surface area contributed by atoms with Gasteiger partial charge in [0.1, 0.15) is 0 Å². The number of anilines is 2. The number of hydrogen-bond acceptors (Lipinski definition) is 3. The Bertz CT molecular complexity index is 1410. The van der Waals surface area contributed by atoms with E-state index < -0.39 is 0 Å². The van der Waals surface area contributed by atoms with Gasteiger partial charge in [0.15, 0.2) is 0 Å². The minimum absolute atomic E-state index is 0.0757. The molecule has 3 aromatic rings. The van der Waals surface area contributed by atoms with Gasteiger partial charge in [-0.15, -0.1) is 0 Å². The van der Waals surface area contributed by atoms with Crippen LogP contribution in [0, 0.1) is 0 Å². The summed E-state index contributed by atoms with van der Waals surface area (Å²) in [6.45, 7) is 8.49. The van der Waals surface area contributed by atoms with Crippen molar-refractivity contribution in [2.45, 2.75) is 32.7 Å². The number of benzene rings is 3. The lowest BCUT2D eigenvalue weighted by Gasteiger charge is -2.36. The number of hydrazine groups is 1. The monoisotopic (exact) mass is 471 g/mol. The molecule has 0 saturated carbocycles. The van der Waals surface area contributed by atoms with Crippen molar-refractivity contribution in [1.29, 1.82) is 0 Å². The summed E-state index contributed by atoms with van der Waals surface area (Å²) >= 11 is 0. The van der Waals surface area contributed by atoms with E-state index in [1.165, 1.54) is 27.9 Å². The number of nitrogens with two attached hydrogens (primary N) is 1. The van der Waals surface area contributed by atoms with Gasteiger partial charge in [0, 0.05) is 23.0 Å². The molecular formula is C33H33N3. The average Bonchev–Trinajstić information content (AvgIpc) is 3.51. The van der Waals surface area contributed by atoms with Crippen LogP contribution in [0.15, 0.2) is 132 Å². The molecule has 0 spiro atoms. The third-order valence-electron chi connectivity index (χ3n) is 7.03. The van der Waals surface area contributed by atoms with Crippen LogP contribution < -0.4 is 16.2 Å². The number of allylic oxidation sites excluding steroid dienone is 8. The number of fused-ring (bicyclic) bond motifs is 3. The summed E-state index contributed by atoms with van der Waals surface area (Å²) in [7, 11) is 0. The molecule has 3 aromatic carbocycles. The summed E-state index contributed by atoms with van der Waals surface area (Å²) in [5.74, 6) is 6.00. The SMILES string of the molecule is C=C1/C=C2/CC3=C(CC=C3)/C2=C/N(C(c2ccccc2)c2ccccc2NN)c2ccccc21.CC. The number of nitrogens with one attached hydrogen (secondary N) is 1. The fourth-order valence-electron chi connectivity index (χ4n) is 5.46. The van der Waals surface area contributed by atoms with Gasteiger partial charge in [0.2, 0.25) is 0 Å². The summed E-state index contributed by atoms with van der Waals surface area (Å²) in [6, 6.07) is 27.4. The fraction of sp³-hybridized carbons (Fsp3) is 0.152. The van der Waals surface area contributed by atoms with Gasteiger partial charge in [-0.1, -0.05) is 105 Å². The minimum atomic E-state index is -0.0757. The quantitative estimate of drug-likeness (QED) is 0.298. The lowest BCUT2D eigenvalue weighted by atomic mass is 9.91. The van der Waals surface area contributed by atoms with E-state index in [1.54, 1.807) is 0 Å². The molecule has 0 amide bonds. The highest BCUT2D eigenvalue weighted by Crippen LogP contribution is 2.48. The van der Waals surface area contributed by atoms with E-state index >= 15 is 0 Å². The maximum absolute atomic E-state index is 6.00. The third kappa shape index (κ3) is 4.12. The molecule has 0 fully saturated rings. The van der Waals surface area contributed by atoms with Crippen molar-refractivity contribution < 1.29 is 0 Å². The molecule has 0 saturated heterocycles. The molecule has 1 atom stereocenters. The first kappa shape index (κ1) is 23.7. The Morgan fingerprint density at radius 1 is 0.917 bits per heavy atom. The van der Waals surface area contributed by atoms with Crippen molar-refractivity contribution in [2.75, 3.05) is 10.3 Å². The molecule has 3 aliphatic rings. The molecule has 3 heteroatoms. The van der Waals surface area contributed by atoms with Crippen LogP contribution in [0.1, 0.15) is 49.4 Å². The Kier molecular flexibility index (Phi) is 6.75. The molecule has 180 valence electrons. The van der Waals surface area contributed by atoms with Gasteiger partial charge in [-0.05, 0) is 58.4 Å². The van der Waals surface area contributed by atoms with Crippen molar-refractivity contribution >= 4 is 16.9 Å². The maximum atomic E-state index is 6.00. The maximum Gasteiger partial charge on any atom is 0.0859 e. The van der Waals surface area contributed by atoms with Crippen molar-refractivity contribution in [1.82, 2.24) is 0 Å². The Balaban J connectivity index is 0.00000130. The number of hydrogen-bond donors (Lipinski definition) is 2. The molecular weight excluding hydrogens is 438 g/mol. The lowest BCUT2D eigenvalue weighted by Crippen LogP contribution is -2.28. The third-order valence-corrected chi connectivity index (χ3v) is 7.03. The first-order valence-corrected chi connectivity index (χ1v) is 12.7. The minimum Gasteiger partial charge on any atom is -0.335 e. The molecule has 0 radical (unpaired) electrons. The highest BCUT2D eigenvalue weighted by molar-refractivity contribution is 5.86. The largest absolute Gasteiger partial charge is 0.335 e. The van der Waals surface area contributed by atoms with Crippen molar-refractivity contribution in [3.05, 3.63) is 149 Å². The van der Waals surface area contributed by atoms with Crippen LogP contribution in [-0.4, -0.2) is 0 Å². The zero-order chi connectivity index (χ0) is 25.1. The van der Waals surface area contributed by atoms with E-state index in [1.807, 2.05) is 26.0 Å². The first-order valence-electron chi connectivity index (χ1n) is 12.7. The number of nitrogens with zero attached hydrogens (tertiary/aromatic N) is 1. The number of nitrogen functional groups attached to an aromatic ring is 1. The zero-order valence-electron chi connectivity index (χ0n) is 21.0. The van der Waals surface area contributed by atoms with Gasteiger partial charge in [-0.25, -0.2) is 0 Å². The van der Waals surface area contributed by atoms with E-state index in [9.17, 15) is 0 Å². The molecule has 1 unspecified atom stereocenters. The molecule has 1 aliphatic heterocycles.